The lowest BCUT2D eigenvalue weighted by Crippen LogP contribution is -2.07. The molecule has 1 aliphatic carbocycles. The van der Waals surface area contributed by atoms with Crippen LogP contribution in [0.25, 0.3) is 33.6 Å². The van der Waals surface area contributed by atoms with Crippen molar-refractivity contribution in [3.8, 4) is 33.6 Å². The molecule has 132 valence electrons. The maximum atomic E-state index is 5.14. The highest BCUT2D eigenvalue weighted by Gasteiger charge is 2.25. The van der Waals surface area contributed by atoms with Gasteiger partial charge in [-0.05, 0) is 30.7 Å². The molecule has 1 aliphatic rings. The van der Waals surface area contributed by atoms with E-state index in [0.717, 1.165) is 46.1 Å². The summed E-state index contributed by atoms with van der Waals surface area (Å²) in [7, 11) is 0. The molecule has 2 heterocycles. The molecule has 4 aromatic rings. The van der Waals surface area contributed by atoms with Crippen molar-refractivity contribution >= 4 is 11.8 Å². The number of nitrogens with one attached hydrogen (secondary N) is 1. The lowest BCUT2D eigenvalue weighted by molar-refractivity contribution is 0.880. The van der Waals surface area contributed by atoms with E-state index in [1.807, 2.05) is 6.07 Å². The summed E-state index contributed by atoms with van der Waals surface area (Å²) in [4.78, 5) is 5.14. The molecule has 3 nitrogen and oxygen atoms in total. The van der Waals surface area contributed by atoms with Crippen molar-refractivity contribution in [3.05, 3.63) is 78.0 Å². The lowest BCUT2D eigenvalue weighted by atomic mass is 9.89. The Morgan fingerprint density at radius 3 is 2.26 bits per heavy atom. The summed E-state index contributed by atoms with van der Waals surface area (Å²) in [5, 5.41) is 8.87. The van der Waals surface area contributed by atoms with E-state index in [1.54, 1.807) is 11.8 Å². The zero-order chi connectivity index (χ0) is 18.2. The van der Waals surface area contributed by atoms with Crippen LogP contribution >= 0.6 is 11.8 Å². The van der Waals surface area contributed by atoms with Crippen LogP contribution in [-0.4, -0.2) is 21.4 Å². The fourth-order valence-electron chi connectivity index (χ4n) is 3.83. The Hall–Kier alpha value is -2.85. The van der Waals surface area contributed by atoms with E-state index in [4.69, 9.17) is 4.98 Å². The first-order valence-corrected chi connectivity index (χ1v) is 10.3. The monoisotopic (exact) mass is 369 g/mol. The summed E-state index contributed by atoms with van der Waals surface area (Å²) in [6, 6.07) is 23.3. The summed E-state index contributed by atoms with van der Waals surface area (Å²) in [6.07, 6.45) is 4.02. The highest BCUT2D eigenvalue weighted by Crippen LogP contribution is 2.40. The van der Waals surface area contributed by atoms with Gasteiger partial charge < -0.3 is 0 Å². The second-order valence-electron chi connectivity index (χ2n) is 6.70. The molecule has 0 fully saturated rings. The van der Waals surface area contributed by atoms with E-state index in [2.05, 4.69) is 77.1 Å². The van der Waals surface area contributed by atoms with Gasteiger partial charge in [0.15, 0.2) is 0 Å². The number of fused-ring (bicyclic) bond motifs is 3. The van der Waals surface area contributed by atoms with Crippen LogP contribution in [0.15, 0.2) is 71.8 Å². The van der Waals surface area contributed by atoms with Crippen molar-refractivity contribution in [1.82, 2.24) is 15.2 Å². The van der Waals surface area contributed by atoms with Gasteiger partial charge in [0, 0.05) is 22.3 Å². The van der Waals surface area contributed by atoms with Gasteiger partial charge in [0.1, 0.15) is 5.03 Å². The smallest absolute Gasteiger partial charge is 0.121 e. The number of aromatic nitrogens is 3. The first-order valence-electron chi connectivity index (χ1n) is 9.11. The summed E-state index contributed by atoms with van der Waals surface area (Å²) < 4.78 is 0. The molecule has 0 radical (unpaired) electrons. The summed E-state index contributed by atoms with van der Waals surface area (Å²) in [5.74, 6) is 0. The molecule has 1 N–H and O–H groups in total. The Morgan fingerprint density at radius 2 is 1.56 bits per heavy atom. The molecule has 0 amide bonds. The van der Waals surface area contributed by atoms with Crippen LogP contribution < -0.4 is 0 Å². The summed E-state index contributed by atoms with van der Waals surface area (Å²) >= 11 is 1.70. The second-order valence-corrected chi connectivity index (χ2v) is 7.49. The van der Waals surface area contributed by atoms with Gasteiger partial charge in [-0.25, -0.2) is 0 Å². The average molecular weight is 369 g/mol. The maximum absolute atomic E-state index is 5.14. The minimum absolute atomic E-state index is 0.949. The summed E-state index contributed by atoms with van der Waals surface area (Å²) in [5.41, 5.74) is 9.33. The van der Waals surface area contributed by atoms with E-state index >= 15 is 0 Å². The Balaban J connectivity index is 1.77. The van der Waals surface area contributed by atoms with Crippen LogP contribution in [0.3, 0.4) is 0 Å². The molecule has 2 aromatic carbocycles. The minimum atomic E-state index is 0.949. The number of thioether (sulfide) groups is 1. The molecule has 4 heteroatoms. The van der Waals surface area contributed by atoms with E-state index in [9.17, 15) is 0 Å². The van der Waals surface area contributed by atoms with Crippen molar-refractivity contribution in [2.45, 2.75) is 17.9 Å². The Morgan fingerprint density at radius 1 is 0.852 bits per heavy atom. The molecule has 0 unspecified atom stereocenters. The van der Waals surface area contributed by atoms with Gasteiger partial charge in [-0.15, -0.1) is 11.8 Å². The number of hydrogen-bond donors (Lipinski definition) is 1. The molecular weight excluding hydrogens is 350 g/mol. The van der Waals surface area contributed by atoms with Gasteiger partial charge in [0.2, 0.25) is 0 Å². The fraction of sp³-hybridized carbons (Fsp3) is 0.130. The van der Waals surface area contributed by atoms with Crippen LogP contribution in [0, 0.1) is 0 Å². The third-order valence-corrected chi connectivity index (χ3v) is 5.86. The number of benzene rings is 2. The largest absolute Gasteiger partial charge is 0.276 e. The van der Waals surface area contributed by atoms with Crippen molar-refractivity contribution in [2.24, 2.45) is 0 Å². The van der Waals surface area contributed by atoms with Crippen molar-refractivity contribution in [2.75, 3.05) is 6.26 Å². The van der Waals surface area contributed by atoms with Crippen LogP contribution in [0.5, 0.6) is 0 Å². The average Bonchev–Trinajstić information content (AvgIpc) is 3.17. The Bertz CT molecular complexity index is 1100. The fourth-order valence-corrected chi connectivity index (χ4v) is 4.42. The van der Waals surface area contributed by atoms with Gasteiger partial charge in [-0.3, -0.25) is 10.1 Å². The normalized spacial score (nSPS) is 12.5. The van der Waals surface area contributed by atoms with Gasteiger partial charge in [0.05, 0.1) is 17.1 Å². The van der Waals surface area contributed by atoms with Gasteiger partial charge >= 0.3 is 0 Å². The lowest BCUT2D eigenvalue weighted by Gasteiger charge is -2.20. The molecule has 5 rings (SSSR count). The van der Waals surface area contributed by atoms with Gasteiger partial charge in [0.25, 0.3) is 0 Å². The number of H-pyrrole nitrogens is 1. The molecule has 0 saturated heterocycles. The number of nitrogens with zero attached hydrogens (tertiary/aromatic N) is 2. The molecule has 0 saturated carbocycles. The predicted molar refractivity (Wildman–Crippen MR) is 112 cm³/mol. The number of hydrogen-bond acceptors (Lipinski definition) is 3. The standard InChI is InChI=1S/C23H19N3S/c1-27-23-17-12-13-20-19(22(17)25-26-23)14-18(15-8-4-2-5-9-15)21(24-20)16-10-6-3-7-11-16/h2-11,14H,12-13H2,1H3,(H,25,26). The highest BCUT2D eigenvalue weighted by molar-refractivity contribution is 7.98. The molecule has 0 atom stereocenters. The van der Waals surface area contributed by atoms with Crippen molar-refractivity contribution in [1.29, 1.82) is 0 Å². The Kier molecular flexibility index (Phi) is 4.06. The van der Waals surface area contributed by atoms with E-state index in [0.29, 0.717) is 0 Å². The van der Waals surface area contributed by atoms with E-state index in [-0.39, 0.29) is 0 Å². The van der Waals surface area contributed by atoms with Gasteiger partial charge in [-0.2, -0.15) is 5.10 Å². The molecule has 0 aliphatic heterocycles. The topological polar surface area (TPSA) is 41.6 Å². The second kappa shape index (κ2) is 6.71. The zero-order valence-corrected chi connectivity index (χ0v) is 15.9. The molecular formula is C23H19N3S. The number of pyridine rings is 1. The number of rotatable bonds is 3. The van der Waals surface area contributed by atoms with Crippen LogP contribution in [0.1, 0.15) is 11.3 Å². The zero-order valence-electron chi connectivity index (χ0n) is 15.1. The molecule has 2 aromatic heterocycles. The Labute approximate surface area is 162 Å². The third-order valence-electron chi connectivity index (χ3n) is 5.14. The van der Waals surface area contributed by atoms with Crippen LogP contribution in [-0.2, 0) is 12.8 Å². The maximum Gasteiger partial charge on any atom is 0.121 e. The van der Waals surface area contributed by atoms with Crippen LogP contribution in [0.2, 0.25) is 0 Å². The van der Waals surface area contributed by atoms with E-state index < -0.39 is 0 Å². The van der Waals surface area contributed by atoms with Crippen molar-refractivity contribution in [3.63, 3.8) is 0 Å². The molecule has 0 bridgehead atoms. The highest BCUT2D eigenvalue weighted by atomic mass is 32.2. The first kappa shape index (κ1) is 16.3. The minimum Gasteiger partial charge on any atom is -0.276 e. The third kappa shape index (κ3) is 2.77. The van der Waals surface area contributed by atoms with Crippen molar-refractivity contribution < 1.29 is 0 Å². The van der Waals surface area contributed by atoms with Crippen LogP contribution in [0.4, 0.5) is 0 Å². The summed E-state index contributed by atoms with van der Waals surface area (Å²) in [6.45, 7) is 0. The quantitative estimate of drug-likeness (QED) is 0.476. The molecule has 27 heavy (non-hydrogen) atoms. The van der Waals surface area contributed by atoms with E-state index in [1.165, 1.54) is 16.7 Å². The first-order chi connectivity index (χ1) is 13.3. The van der Waals surface area contributed by atoms with Gasteiger partial charge in [-0.1, -0.05) is 60.7 Å². The number of aryl methyl sites for hydroxylation is 1. The number of aromatic amines is 1. The SMILES string of the molecule is CSc1n[nH]c2c1CCc1nc(-c3ccccc3)c(-c3ccccc3)cc1-2. The predicted octanol–water partition coefficient (Wildman–Crippen LogP) is 5.63. The molecule has 0 spiro atoms.